The van der Waals surface area contributed by atoms with Crippen LogP contribution in [0.1, 0.15) is 23.6 Å². The van der Waals surface area contributed by atoms with Gasteiger partial charge in [0.25, 0.3) is 5.91 Å². The van der Waals surface area contributed by atoms with Gasteiger partial charge in [0.1, 0.15) is 0 Å². The molecule has 3 rings (SSSR count). The Hall–Kier alpha value is -2.27. The number of phenolic OH excluding ortho intramolecular Hbond substituents is 1. The minimum Gasteiger partial charge on any atom is -0.504 e. The summed E-state index contributed by atoms with van der Waals surface area (Å²) >= 11 is 3.49. The first-order chi connectivity index (χ1) is 11.0. The number of rotatable bonds is 3. The number of halogens is 1. The highest BCUT2D eigenvalue weighted by molar-refractivity contribution is 9.10. The lowest BCUT2D eigenvalue weighted by atomic mass is 9.99. The van der Waals surface area contributed by atoms with Crippen molar-refractivity contribution < 1.29 is 14.6 Å². The van der Waals surface area contributed by atoms with Crippen LogP contribution in [0.3, 0.4) is 0 Å². The summed E-state index contributed by atoms with van der Waals surface area (Å²) in [5, 5.41) is 13.2. The molecule has 4 nitrogen and oxygen atoms in total. The molecule has 0 saturated carbocycles. The maximum Gasteiger partial charge on any atom is 0.256 e. The molecule has 5 heteroatoms. The molecule has 2 aromatic carbocycles. The molecular formula is C18H16BrNO3. The van der Waals surface area contributed by atoms with Crippen molar-refractivity contribution in [1.82, 2.24) is 0 Å². The van der Waals surface area contributed by atoms with Crippen LogP contribution in [0.5, 0.6) is 11.5 Å². The topological polar surface area (TPSA) is 58.6 Å². The van der Waals surface area contributed by atoms with E-state index in [1.54, 1.807) is 24.3 Å². The standard InChI is InChI=1S/C18H16BrNO3/c1-3-23-15-6-4-5-11(17(15)21)9-12-16-10(2)13(19)7-8-14(16)20-18(12)22/h4-9,21H,3H2,1-2H3,(H,20,22). The number of aromatic hydroxyl groups is 1. The van der Waals surface area contributed by atoms with Crippen molar-refractivity contribution in [3.63, 3.8) is 0 Å². The molecule has 1 aliphatic heterocycles. The molecule has 1 aliphatic rings. The van der Waals surface area contributed by atoms with Crippen molar-refractivity contribution in [2.45, 2.75) is 13.8 Å². The summed E-state index contributed by atoms with van der Waals surface area (Å²) < 4.78 is 6.33. The second-order valence-electron chi connectivity index (χ2n) is 5.23. The van der Waals surface area contributed by atoms with E-state index in [9.17, 15) is 9.90 Å². The van der Waals surface area contributed by atoms with E-state index in [1.165, 1.54) is 0 Å². The van der Waals surface area contributed by atoms with Gasteiger partial charge >= 0.3 is 0 Å². The average Bonchev–Trinajstić information content (AvgIpc) is 2.84. The van der Waals surface area contributed by atoms with E-state index in [-0.39, 0.29) is 11.7 Å². The van der Waals surface area contributed by atoms with Gasteiger partial charge in [0.05, 0.1) is 12.2 Å². The van der Waals surface area contributed by atoms with Crippen LogP contribution in [-0.4, -0.2) is 17.6 Å². The normalized spacial score (nSPS) is 14.7. The van der Waals surface area contributed by atoms with Gasteiger partial charge in [-0.3, -0.25) is 4.79 Å². The molecule has 1 amide bonds. The molecule has 0 aliphatic carbocycles. The van der Waals surface area contributed by atoms with Crippen molar-refractivity contribution >= 4 is 39.2 Å². The maximum atomic E-state index is 12.3. The zero-order valence-corrected chi connectivity index (χ0v) is 14.4. The van der Waals surface area contributed by atoms with E-state index in [1.807, 2.05) is 26.0 Å². The maximum absolute atomic E-state index is 12.3. The Bertz CT molecular complexity index is 827. The highest BCUT2D eigenvalue weighted by Crippen LogP contribution is 2.40. The summed E-state index contributed by atoms with van der Waals surface area (Å²) in [6.45, 7) is 4.27. The SMILES string of the molecule is CCOc1cccc(C=C2C(=O)Nc3ccc(Br)c(C)c32)c1O. The predicted molar refractivity (Wildman–Crippen MR) is 94.7 cm³/mol. The van der Waals surface area contributed by atoms with Gasteiger partial charge in [-0.15, -0.1) is 0 Å². The van der Waals surface area contributed by atoms with Crippen LogP contribution >= 0.6 is 15.9 Å². The molecule has 118 valence electrons. The van der Waals surface area contributed by atoms with Gasteiger partial charge in [-0.1, -0.05) is 28.1 Å². The van der Waals surface area contributed by atoms with E-state index in [2.05, 4.69) is 21.2 Å². The molecule has 0 aromatic heterocycles. The van der Waals surface area contributed by atoms with Crippen LogP contribution in [0.25, 0.3) is 11.6 Å². The zero-order valence-electron chi connectivity index (χ0n) is 12.8. The Morgan fingerprint density at radius 3 is 2.83 bits per heavy atom. The minimum atomic E-state index is -0.178. The number of para-hydroxylation sites is 1. The van der Waals surface area contributed by atoms with Crippen LogP contribution in [0.4, 0.5) is 5.69 Å². The summed E-state index contributed by atoms with van der Waals surface area (Å²) in [5.74, 6) is 0.268. The Morgan fingerprint density at radius 1 is 1.30 bits per heavy atom. The van der Waals surface area contributed by atoms with Gasteiger partial charge in [0.15, 0.2) is 11.5 Å². The predicted octanol–water partition coefficient (Wildman–Crippen LogP) is 4.35. The number of hydrogen-bond acceptors (Lipinski definition) is 3. The van der Waals surface area contributed by atoms with E-state index in [4.69, 9.17) is 4.74 Å². The Morgan fingerprint density at radius 2 is 2.09 bits per heavy atom. The Balaban J connectivity index is 2.14. The molecule has 2 N–H and O–H groups in total. The molecule has 0 fully saturated rings. The van der Waals surface area contributed by atoms with Gasteiger partial charge in [0, 0.05) is 21.3 Å². The number of anilines is 1. The van der Waals surface area contributed by atoms with Crippen molar-refractivity contribution in [2.24, 2.45) is 0 Å². The van der Waals surface area contributed by atoms with E-state index >= 15 is 0 Å². The fourth-order valence-electron chi connectivity index (χ4n) is 2.66. The third-order valence-corrected chi connectivity index (χ3v) is 4.65. The molecule has 0 bridgehead atoms. The highest BCUT2D eigenvalue weighted by atomic mass is 79.9. The quantitative estimate of drug-likeness (QED) is 0.786. The van der Waals surface area contributed by atoms with Crippen molar-refractivity contribution in [3.8, 4) is 11.5 Å². The molecule has 2 aromatic rings. The number of carbonyl (C=O) groups is 1. The number of benzene rings is 2. The van der Waals surface area contributed by atoms with E-state index in [0.717, 1.165) is 21.3 Å². The lowest BCUT2D eigenvalue weighted by Gasteiger charge is -2.09. The molecule has 0 saturated heterocycles. The monoisotopic (exact) mass is 373 g/mol. The smallest absolute Gasteiger partial charge is 0.256 e. The summed E-state index contributed by atoms with van der Waals surface area (Å²) in [5.41, 5.74) is 3.69. The Kier molecular flexibility index (Phi) is 4.13. The third kappa shape index (κ3) is 2.72. The number of carbonyl (C=O) groups excluding carboxylic acids is 1. The fourth-order valence-corrected chi connectivity index (χ4v) is 2.99. The second kappa shape index (κ2) is 6.08. The van der Waals surface area contributed by atoms with Crippen LogP contribution < -0.4 is 10.1 Å². The number of hydrogen-bond donors (Lipinski definition) is 2. The van der Waals surface area contributed by atoms with Crippen LogP contribution in [0, 0.1) is 6.92 Å². The van der Waals surface area contributed by atoms with Gasteiger partial charge in [-0.05, 0) is 43.7 Å². The summed E-state index contributed by atoms with van der Waals surface area (Å²) in [7, 11) is 0. The largest absolute Gasteiger partial charge is 0.504 e. The first kappa shape index (κ1) is 15.6. The number of ether oxygens (including phenoxy) is 1. The van der Waals surface area contributed by atoms with Gasteiger partial charge < -0.3 is 15.2 Å². The molecule has 1 heterocycles. The van der Waals surface area contributed by atoms with Crippen LogP contribution in [0.15, 0.2) is 34.8 Å². The number of phenols is 1. The lowest BCUT2D eigenvalue weighted by molar-refractivity contribution is -0.110. The molecule has 0 unspecified atom stereocenters. The summed E-state index contributed by atoms with van der Waals surface area (Å²) in [4.78, 5) is 12.3. The van der Waals surface area contributed by atoms with E-state index < -0.39 is 0 Å². The van der Waals surface area contributed by atoms with Gasteiger partial charge in [-0.25, -0.2) is 0 Å². The lowest BCUT2D eigenvalue weighted by Crippen LogP contribution is -2.03. The fraction of sp³-hybridized carbons (Fsp3) is 0.167. The first-order valence-electron chi connectivity index (χ1n) is 7.30. The van der Waals surface area contributed by atoms with E-state index in [0.29, 0.717) is 23.5 Å². The summed E-state index contributed by atoms with van der Waals surface area (Å²) in [6, 6.07) is 9.01. The van der Waals surface area contributed by atoms with Crippen molar-refractivity contribution in [1.29, 1.82) is 0 Å². The zero-order chi connectivity index (χ0) is 16.6. The van der Waals surface area contributed by atoms with Crippen molar-refractivity contribution in [2.75, 3.05) is 11.9 Å². The first-order valence-corrected chi connectivity index (χ1v) is 8.09. The number of fused-ring (bicyclic) bond motifs is 1. The molecular weight excluding hydrogens is 358 g/mol. The van der Waals surface area contributed by atoms with Gasteiger partial charge in [-0.2, -0.15) is 0 Å². The molecule has 23 heavy (non-hydrogen) atoms. The van der Waals surface area contributed by atoms with Gasteiger partial charge in [0.2, 0.25) is 0 Å². The average molecular weight is 374 g/mol. The second-order valence-corrected chi connectivity index (χ2v) is 6.09. The molecule has 0 spiro atoms. The highest BCUT2D eigenvalue weighted by Gasteiger charge is 2.27. The van der Waals surface area contributed by atoms with Crippen LogP contribution in [0.2, 0.25) is 0 Å². The number of nitrogens with one attached hydrogen (secondary N) is 1. The van der Waals surface area contributed by atoms with Crippen molar-refractivity contribution in [3.05, 3.63) is 51.5 Å². The summed E-state index contributed by atoms with van der Waals surface area (Å²) in [6.07, 6.45) is 1.69. The third-order valence-electron chi connectivity index (χ3n) is 3.79. The number of amides is 1. The molecule has 0 atom stereocenters. The minimum absolute atomic E-state index is 0.0377. The molecule has 0 radical (unpaired) electrons. The Labute approximate surface area is 142 Å². The van der Waals surface area contributed by atoms with Crippen LogP contribution in [-0.2, 0) is 4.79 Å².